The Morgan fingerprint density at radius 2 is 2.22 bits per heavy atom. The molecule has 0 aliphatic carbocycles. The van der Waals surface area contributed by atoms with Gasteiger partial charge in [-0.2, -0.15) is 0 Å². The second-order valence-corrected chi connectivity index (χ2v) is 5.01. The van der Waals surface area contributed by atoms with E-state index in [-0.39, 0.29) is 5.82 Å². The molecule has 1 aromatic carbocycles. The van der Waals surface area contributed by atoms with E-state index >= 15 is 0 Å². The summed E-state index contributed by atoms with van der Waals surface area (Å²) in [6.45, 7) is 3.25. The molecule has 0 unspecified atom stereocenters. The molecule has 0 saturated carbocycles. The molecule has 0 spiro atoms. The van der Waals surface area contributed by atoms with Gasteiger partial charge in [-0.1, -0.05) is 25.5 Å². The third-order valence-corrected chi connectivity index (χ3v) is 3.12. The molecule has 0 radical (unpaired) electrons. The predicted octanol–water partition coefficient (Wildman–Crippen LogP) is 3.22. The van der Waals surface area contributed by atoms with E-state index in [1.807, 2.05) is 6.07 Å². The Balaban J connectivity index is 2.04. The fourth-order valence-electron chi connectivity index (χ4n) is 1.90. The second-order valence-electron chi connectivity index (χ2n) is 5.01. The summed E-state index contributed by atoms with van der Waals surface area (Å²) in [4.78, 5) is 8.46. The van der Waals surface area contributed by atoms with Crippen LogP contribution in [-0.2, 0) is 6.54 Å². The largest absolute Gasteiger partial charge is 0.439 e. The molecule has 0 saturated heterocycles. The van der Waals surface area contributed by atoms with E-state index in [4.69, 9.17) is 10.5 Å². The Hall–Kier alpha value is -2.63. The lowest BCUT2D eigenvalue weighted by Crippen LogP contribution is -2.32. The number of hydrogen-bond acceptors (Lipinski definition) is 3. The highest BCUT2D eigenvalue weighted by molar-refractivity contribution is 5.77. The Morgan fingerprint density at radius 3 is 3.00 bits per heavy atom. The molecular weight excluding hydrogens is 295 g/mol. The minimum atomic E-state index is -0.359. The van der Waals surface area contributed by atoms with Gasteiger partial charge in [0.1, 0.15) is 11.6 Å². The predicted molar refractivity (Wildman–Crippen MR) is 88.9 cm³/mol. The number of halogens is 1. The van der Waals surface area contributed by atoms with Crippen molar-refractivity contribution in [3.8, 4) is 11.6 Å². The number of pyridine rings is 1. The zero-order valence-corrected chi connectivity index (χ0v) is 13.1. The molecule has 122 valence electrons. The van der Waals surface area contributed by atoms with Crippen molar-refractivity contribution in [1.29, 1.82) is 0 Å². The standard InChI is InChI=1S/C17H21FN4O/c1-2-3-9-21-17(19)22-12-13-6-5-10-20-16(13)23-15-8-4-7-14(18)11-15/h4-8,10-11H,2-3,9,12H2,1H3,(H3,19,21,22). The van der Waals surface area contributed by atoms with Crippen molar-refractivity contribution in [2.45, 2.75) is 26.3 Å². The SMILES string of the molecule is CCCCNC(N)=NCc1cccnc1Oc1cccc(F)c1. The third-order valence-electron chi connectivity index (χ3n) is 3.12. The van der Waals surface area contributed by atoms with Crippen LogP contribution in [0.15, 0.2) is 47.6 Å². The van der Waals surface area contributed by atoms with E-state index in [1.165, 1.54) is 12.1 Å². The number of guanidine groups is 1. The van der Waals surface area contributed by atoms with E-state index in [1.54, 1.807) is 24.4 Å². The average Bonchev–Trinajstić information content (AvgIpc) is 2.54. The molecule has 6 heteroatoms. The van der Waals surface area contributed by atoms with Gasteiger partial charge >= 0.3 is 0 Å². The van der Waals surface area contributed by atoms with E-state index in [0.717, 1.165) is 24.9 Å². The van der Waals surface area contributed by atoms with Crippen LogP contribution in [0, 0.1) is 5.82 Å². The van der Waals surface area contributed by atoms with Crippen LogP contribution in [0.25, 0.3) is 0 Å². The first kappa shape index (κ1) is 16.7. The summed E-state index contributed by atoms with van der Waals surface area (Å²) in [6.07, 6.45) is 3.75. The van der Waals surface area contributed by atoms with Gasteiger partial charge in [0.05, 0.1) is 6.54 Å². The summed E-state index contributed by atoms with van der Waals surface area (Å²) in [7, 11) is 0. The number of nitrogens with one attached hydrogen (secondary N) is 1. The van der Waals surface area contributed by atoms with Crippen LogP contribution in [0.4, 0.5) is 4.39 Å². The number of benzene rings is 1. The molecule has 2 rings (SSSR count). The first-order chi connectivity index (χ1) is 11.2. The maximum atomic E-state index is 13.2. The zero-order valence-electron chi connectivity index (χ0n) is 13.1. The minimum Gasteiger partial charge on any atom is -0.439 e. The summed E-state index contributed by atoms with van der Waals surface area (Å²) in [6, 6.07) is 9.57. The number of unbranched alkanes of at least 4 members (excludes halogenated alkanes) is 1. The highest BCUT2D eigenvalue weighted by atomic mass is 19.1. The smallest absolute Gasteiger partial charge is 0.224 e. The van der Waals surface area contributed by atoms with Gasteiger partial charge in [-0.25, -0.2) is 14.4 Å². The fourth-order valence-corrected chi connectivity index (χ4v) is 1.90. The summed E-state index contributed by atoms with van der Waals surface area (Å²) in [5.74, 6) is 0.813. The quantitative estimate of drug-likeness (QED) is 0.467. The summed E-state index contributed by atoms with van der Waals surface area (Å²) >= 11 is 0. The van der Waals surface area contributed by atoms with E-state index in [0.29, 0.717) is 24.1 Å². The number of ether oxygens (including phenoxy) is 1. The number of hydrogen-bond donors (Lipinski definition) is 2. The van der Waals surface area contributed by atoms with Crippen LogP contribution in [0.5, 0.6) is 11.6 Å². The van der Waals surface area contributed by atoms with Crippen molar-refractivity contribution >= 4 is 5.96 Å². The molecule has 0 aliphatic heterocycles. The molecule has 5 nitrogen and oxygen atoms in total. The van der Waals surface area contributed by atoms with Crippen molar-refractivity contribution in [3.05, 3.63) is 54.0 Å². The van der Waals surface area contributed by atoms with E-state index < -0.39 is 0 Å². The highest BCUT2D eigenvalue weighted by Crippen LogP contribution is 2.23. The van der Waals surface area contributed by atoms with Crippen LogP contribution in [0.3, 0.4) is 0 Å². The van der Waals surface area contributed by atoms with E-state index in [9.17, 15) is 4.39 Å². The van der Waals surface area contributed by atoms with Gasteiger partial charge in [-0.3, -0.25) is 0 Å². The monoisotopic (exact) mass is 316 g/mol. The van der Waals surface area contributed by atoms with Crippen LogP contribution >= 0.6 is 0 Å². The van der Waals surface area contributed by atoms with Crippen molar-refractivity contribution in [1.82, 2.24) is 10.3 Å². The van der Waals surface area contributed by atoms with Crippen LogP contribution in [0.1, 0.15) is 25.3 Å². The Morgan fingerprint density at radius 1 is 1.35 bits per heavy atom. The average molecular weight is 316 g/mol. The normalized spacial score (nSPS) is 11.3. The Labute approximate surface area is 135 Å². The van der Waals surface area contributed by atoms with Gasteiger partial charge < -0.3 is 15.8 Å². The fraction of sp³-hybridized carbons (Fsp3) is 0.294. The molecule has 1 aromatic heterocycles. The van der Waals surface area contributed by atoms with Gasteiger partial charge in [0.25, 0.3) is 0 Å². The summed E-state index contributed by atoms with van der Waals surface area (Å²) < 4.78 is 18.9. The molecule has 0 aliphatic rings. The number of nitrogens with two attached hydrogens (primary N) is 1. The molecular formula is C17H21FN4O. The van der Waals surface area contributed by atoms with Crippen molar-refractivity contribution in [2.75, 3.05) is 6.54 Å². The number of nitrogens with zero attached hydrogens (tertiary/aromatic N) is 2. The Kier molecular flexibility index (Phi) is 6.35. The molecule has 0 fully saturated rings. The minimum absolute atomic E-state index is 0.337. The van der Waals surface area contributed by atoms with Gasteiger partial charge in [0.2, 0.25) is 5.88 Å². The van der Waals surface area contributed by atoms with Crippen LogP contribution < -0.4 is 15.8 Å². The van der Waals surface area contributed by atoms with Gasteiger partial charge in [-0.05, 0) is 24.6 Å². The van der Waals surface area contributed by atoms with Gasteiger partial charge in [0, 0.05) is 24.4 Å². The number of rotatable bonds is 7. The topological polar surface area (TPSA) is 72.5 Å². The lowest BCUT2D eigenvalue weighted by molar-refractivity contribution is 0.452. The van der Waals surface area contributed by atoms with Crippen LogP contribution in [0.2, 0.25) is 0 Å². The molecule has 0 bridgehead atoms. The van der Waals surface area contributed by atoms with E-state index in [2.05, 4.69) is 22.2 Å². The zero-order chi connectivity index (χ0) is 16.5. The summed E-state index contributed by atoms with van der Waals surface area (Å²) in [5.41, 5.74) is 6.59. The molecule has 0 atom stereocenters. The van der Waals surface area contributed by atoms with Gasteiger partial charge in [-0.15, -0.1) is 0 Å². The first-order valence-electron chi connectivity index (χ1n) is 7.60. The molecule has 2 aromatic rings. The Bertz CT molecular complexity index is 661. The molecule has 23 heavy (non-hydrogen) atoms. The maximum Gasteiger partial charge on any atom is 0.224 e. The molecule has 1 heterocycles. The summed E-state index contributed by atoms with van der Waals surface area (Å²) in [5, 5.41) is 3.05. The molecule has 0 amide bonds. The lowest BCUT2D eigenvalue weighted by atomic mass is 10.2. The van der Waals surface area contributed by atoms with Crippen molar-refractivity contribution < 1.29 is 9.13 Å². The number of aliphatic imine (C=N–C) groups is 1. The third kappa shape index (κ3) is 5.58. The number of aromatic nitrogens is 1. The lowest BCUT2D eigenvalue weighted by Gasteiger charge is -2.09. The van der Waals surface area contributed by atoms with Crippen LogP contribution in [-0.4, -0.2) is 17.5 Å². The van der Waals surface area contributed by atoms with Gasteiger partial charge in [0.15, 0.2) is 5.96 Å². The van der Waals surface area contributed by atoms with Crippen molar-refractivity contribution in [3.63, 3.8) is 0 Å². The second kappa shape index (κ2) is 8.73. The molecule has 3 N–H and O–H groups in total. The highest BCUT2D eigenvalue weighted by Gasteiger charge is 2.06. The first-order valence-corrected chi connectivity index (χ1v) is 7.60. The van der Waals surface area contributed by atoms with Crippen molar-refractivity contribution in [2.24, 2.45) is 10.7 Å². The maximum absolute atomic E-state index is 13.2.